The van der Waals surface area contributed by atoms with Crippen LogP contribution in [-0.2, 0) is 0 Å². The number of carbonyl (C=O) groups is 1. The standard InChI is InChI=1S/C16H14N2O2S/c1-11-3-4-14(9-12(11)2)18-16(19)20-15-7-5-13(6-8-15)17-10-21/h3-9H,1-2H3,(H,18,19). The lowest BCUT2D eigenvalue weighted by molar-refractivity contribution is 0.215. The number of rotatable bonds is 3. The van der Waals surface area contributed by atoms with Gasteiger partial charge in [-0.1, -0.05) is 6.07 Å². The van der Waals surface area contributed by atoms with Gasteiger partial charge in [-0.05, 0) is 73.6 Å². The number of thiocarbonyl (C=S) groups is 1. The van der Waals surface area contributed by atoms with Crippen LogP contribution in [0.15, 0.2) is 47.5 Å². The summed E-state index contributed by atoms with van der Waals surface area (Å²) in [6.07, 6.45) is -0.538. The number of nitrogens with one attached hydrogen (secondary N) is 1. The van der Waals surface area contributed by atoms with Gasteiger partial charge in [0.05, 0.1) is 10.8 Å². The lowest BCUT2D eigenvalue weighted by Crippen LogP contribution is -2.16. The Hall–Kier alpha value is -2.49. The highest BCUT2D eigenvalue weighted by Crippen LogP contribution is 2.19. The topological polar surface area (TPSA) is 50.7 Å². The summed E-state index contributed by atoms with van der Waals surface area (Å²) in [4.78, 5) is 15.6. The average molecular weight is 298 g/mol. The molecule has 0 spiro atoms. The number of benzene rings is 2. The third-order valence-corrected chi connectivity index (χ3v) is 3.07. The Labute approximate surface area is 128 Å². The van der Waals surface area contributed by atoms with Crippen LogP contribution in [0, 0.1) is 13.8 Å². The first kappa shape index (κ1) is 14.9. The Kier molecular flexibility index (Phi) is 4.82. The van der Waals surface area contributed by atoms with Crippen molar-refractivity contribution in [2.24, 2.45) is 4.99 Å². The molecular formula is C16H14N2O2S. The number of isothiocyanates is 1. The predicted octanol–water partition coefficient (Wildman–Crippen LogP) is 4.65. The molecule has 0 heterocycles. The minimum Gasteiger partial charge on any atom is -0.410 e. The largest absolute Gasteiger partial charge is 0.417 e. The van der Waals surface area contributed by atoms with Crippen molar-refractivity contribution in [1.82, 2.24) is 0 Å². The predicted molar refractivity (Wildman–Crippen MR) is 86.7 cm³/mol. The smallest absolute Gasteiger partial charge is 0.410 e. The maximum atomic E-state index is 11.8. The number of hydrogen-bond donors (Lipinski definition) is 1. The molecule has 0 aliphatic rings. The fraction of sp³-hybridized carbons (Fsp3) is 0.125. The zero-order valence-electron chi connectivity index (χ0n) is 11.7. The molecule has 0 aromatic heterocycles. The highest BCUT2D eigenvalue weighted by atomic mass is 32.1. The Morgan fingerprint density at radius 3 is 2.48 bits per heavy atom. The fourth-order valence-corrected chi connectivity index (χ4v) is 1.82. The summed E-state index contributed by atoms with van der Waals surface area (Å²) in [6, 6.07) is 12.4. The molecule has 106 valence electrons. The molecule has 0 bridgehead atoms. The van der Waals surface area contributed by atoms with Gasteiger partial charge in [-0.3, -0.25) is 5.32 Å². The van der Waals surface area contributed by atoms with Crippen LogP contribution in [0.2, 0.25) is 0 Å². The molecule has 1 amide bonds. The zero-order chi connectivity index (χ0) is 15.2. The van der Waals surface area contributed by atoms with E-state index in [2.05, 4.69) is 27.7 Å². The number of carbonyl (C=O) groups excluding carboxylic acids is 1. The van der Waals surface area contributed by atoms with Crippen molar-refractivity contribution in [2.75, 3.05) is 5.32 Å². The molecular weight excluding hydrogens is 284 g/mol. The van der Waals surface area contributed by atoms with Gasteiger partial charge >= 0.3 is 6.09 Å². The van der Waals surface area contributed by atoms with Crippen molar-refractivity contribution in [3.63, 3.8) is 0 Å². The lowest BCUT2D eigenvalue weighted by Gasteiger charge is -2.08. The Bertz CT molecular complexity index is 705. The van der Waals surface area contributed by atoms with Crippen molar-refractivity contribution in [1.29, 1.82) is 0 Å². The third-order valence-electron chi connectivity index (χ3n) is 2.98. The van der Waals surface area contributed by atoms with Gasteiger partial charge in [-0.2, -0.15) is 4.99 Å². The van der Waals surface area contributed by atoms with E-state index in [4.69, 9.17) is 4.74 Å². The van der Waals surface area contributed by atoms with Crippen LogP contribution in [0.4, 0.5) is 16.2 Å². The summed E-state index contributed by atoms with van der Waals surface area (Å²) >= 11 is 4.52. The number of aryl methyl sites for hydroxylation is 2. The highest BCUT2D eigenvalue weighted by molar-refractivity contribution is 7.78. The van der Waals surface area contributed by atoms with Gasteiger partial charge < -0.3 is 4.74 Å². The summed E-state index contributed by atoms with van der Waals surface area (Å²) in [5, 5.41) is 4.96. The van der Waals surface area contributed by atoms with Crippen LogP contribution in [0.25, 0.3) is 0 Å². The summed E-state index contributed by atoms with van der Waals surface area (Å²) in [6.45, 7) is 4.00. The molecule has 0 radical (unpaired) electrons. The molecule has 5 heteroatoms. The second kappa shape index (κ2) is 6.79. The third kappa shape index (κ3) is 4.24. The van der Waals surface area contributed by atoms with Crippen molar-refractivity contribution < 1.29 is 9.53 Å². The highest BCUT2D eigenvalue weighted by Gasteiger charge is 2.06. The van der Waals surface area contributed by atoms with Crippen molar-refractivity contribution in [3.8, 4) is 5.75 Å². The molecule has 2 rings (SSSR count). The summed E-state index contributed by atoms with van der Waals surface area (Å²) in [7, 11) is 0. The molecule has 2 aromatic carbocycles. The fourth-order valence-electron chi connectivity index (χ4n) is 1.71. The van der Waals surface area contributed by atoms with Crippen LogP contribution < -0.4 is 10.1 Å². The minimum absolute atomic E-state index is 0.430. The second-order valence-corrected chi connectivity index (χ2v) is 4.69. The summed E-state index contributed by atoms with van der Waals surface area (Å²) in [5.74, 6) is 0.430. The molecule has 0 fully saturated rings. The van der Waals surface area contributed by atoms with Gasteiger partial charge in [0, 0.05) is 5.69 Å². The summed E-state index contributed by atoms with van der Waals surface area (Å²) in [5.41, 5.74) is 3.63. The molecule has 2 aromatic rings. The van der Waals surface area contributed by atoms with Crippen LogP contribution >= 0.6 is 12.2 Å². The molecule has 21 heavy (non-hydrogen) atoms. The van der Waals surface area contributed by atoms with Crippen molar-refractivity contribution in [3.05, 3.63) is 53.6 Å². The number of anilines is 1. The van der Waals surface area contributed by atoms with Crippen LogP contribution in [-0.4, -0.2) is 11.3 Å². The normalized spacial score (nSPS) is 9.62. The SMILES string of the molecule is Cc1ccc(NC(=O)Oc2ccc(N=C=S)cc2)cc1C. The van der Waals surface area contributed by atoms with E-state index in [1.165, 1.54) is 5.56 Å². The first-order valence-corrected chi connectivity index (χ1v) is 6.73. The molecule has 0 atom stereocenters. The number of aliphatic imine (C=N–C) groups is 1. The number of ether oxygens (including phenoxy) is 1. The summed E-state index contributed by atoms with van der Waals surface area (Å²) < 4.78 is 5.18. The number of amides is 1. The number of nitrogens with zero attached hydrogens (tertiary/aromatic N) is 1. The molecule has 4 nitrogen and oxygen atoms in total. The van der Waals surface area contributed by atoms with E-state index < -0.39 is 6.09 Å². The quantitative estimate of drug-likeness (QED) is 0.663. The zero-order valence-corrected chi connectivity index (χ0v) is 12.5. The van der Waals surface area contributed by atoms with Gasteiger partial charge in [0.1, 0.15) is 5.75 Å². The minimum atomic E-state index is -0.538. The van der Waals surface area contributed by atoms with Crippen LogP contribution in [0.1, 0.15) is 11.1 Å². The van der Waals surface area contributed by atoms with E-state index in [-0.39, 0.29) is 0 Å². The molecule has 0 saturated heterocycles. The van der Waals surface area contributed by atoms with Crippen molar-refractivity contribution >= 4 is 34.8 Å². The molecule has 0 unspecified atom stereocenters. The van der Waals surface area contributed by atoms with Crippen molar-refractivity contribution in [2.45, 2.75) is 13.8 Å². The molecule has 0 aliphatic heterocycles. The lowest BCUT2D eigenvalue weighted by atomic mass is 10.1. The Balaban J connectivity index is 2.00. The number of hydrogen-bond acceptors (Lipinski definition) is 4. The molecule has 0 saturated carbocycles. The molecule has 1 N–H and O–H groups in total. The van der Waals surface area contributed by atoms with Gasteiger partial charge in [-0.25, -0.2) is 4.79 Å². The van der Waals surface area contributed by atoms with E-state index in [9.17, 15) is 4.79 Å². The Morgan fingerprint density at radius 1 is 1.14 bits per heavy atom. The van der Waals surface area contributed by atoms with Gasteiger partial charge in [0.25, 0.3) is 0 Å². The van der Waals surface area contributed by atoms with Gasteiger partial charge in [0.15, 0.2) is 0 Å². The van der Waals surface area contributed by atoms with E-state index in [0.29, 0.717) is 17.1 Å². The molecule has 0 aliphatic carbocycles. The van der Waals surface area contributed by atoms with E-state index in [1.807, 2.05) is 32.0 Å². The van der Waals surface area contributed by atoms with Crippen LogP contribution in [0.3, 0.4) is 0 Å². The first-order valence-electron chi connectivity index (χ1n) is 6.32. The second-order valence-electron chi connectivity index (χ2n) is 4.51. The van der Waals surface area contributed by atoms with E-state index in [0.717, 1.165) is 5.56 Å². The Morgan fingerprint density at radius 2 is 1.86 bits per heavy atom. The van der Waals surface area contributed by atoms with Crippen LogP contribution in [0.5, 0.6) is 5.75 Å². The van der Waals surface area contributed by atoms with E-state index in [1.54, 1.807) is 24.3 Å². The monoisotopic (exact) mass is 298 g/mol. The van der Waals surface area contributed by atoms with Gasteiger partial charge in [-0.15, -0.1) is 0 Å². The maximum Gasteiger partial charge on any atom is 0.417 e. The average Bonchev–Trinajstić information content (AvgIpc) is 2.45. The first-order chi connectivity index (χ1) is 10.1. The van der Waals surface area contributed by atoms with E-state index >= 15 is 0 Å². The maximum absolute atomic E-state index is 11.8. The van der Waals surface area contributed by atoms with Gasteiger partial charge in [0.2, 0.25) is 0 Å².